The van der Waals surface area contributed by atoms with Gasteiger partial charge in [-0.3, -0.25) is 4.68 Å². The third-order valence-electron chi connectivity index (χ3n) is 4.14. The molecule has 5 nitrogen and oxygen atoms in total. The van der Waals surface area contributed by atoms with E-state index in [9.17, 15) is 21.6 Å². The van der Waals surface area contributed by atoms with Crippen molar-refractivity contribution in [1.29, 1.82) is 0 Å². The first kappa shape index (κ1) is 21.4. The summed E-state index contributed by atoms with van der Waals surface area (Å²) in [5.41, 5.74) is 0.380. The van der Waals surface area contributed by atoms with Gasteiger partial charge in [-0.1, -0.05) is 32.9 Å². The molecule has 150 valence electrons. The van der Waals surface area contributed by atoms with Crippen molar-refractivity contribution in [2.24, 2.45) is 0 Å². The normalized spacial score (nSPS) is 13.1. The van der Waals surface area contributed by atoms with Gasteiger partial charge in [0, 0.05) is 18.8 Å². The van der Waals surface area contributed by atoms with Gasteiger partial charge in [-0.2, -0.15) is 18.3 Å². The molecule has 0 aliphatic heterocycles. The van der Waals surface area contributed by atoms with Crippen LogP contribution in [0.3, 0.4) is 0 Å². The number of benzene rings is 1. The van der Waals surface area contributed by atoms with E-state index >= 15 is 0 Å². The molecular formula is C18H24F3N3O2S. The molecule has 27 heavy (non-hydrogen) atoms. The van der Waals surface area contributed by atoms with Crippen molar-refractivity contribution in [3.05, 3.63) is 47.3 Å². The maximum atomic E-state index is 12.6. The van der Waals surface area contributed by atoms with Crippen LogP contribution in [0.5, 0.6) is 0 Å². The minimum Gasteiger partial charge on any atom is -0.269 e. The highest BCUT2D eigenvalue weighted by atomic mass is 32.2. The molecule has 0 atom stereocenters. The summed E-state index contributed by atoms with van der Waals surface area (Å²) in [7, 11) is -3.66. The molecule has 0 spiro atoms. The van der Waals surface area contributed by atoms with Crippen molar-refractivity contribution < 1.29 is 21.6 Å². The van der Waals surface area contributed by atoms with Gasteiger partial charge in [0.1, 0.15) is 0 Å². The zero-order chi connectivity index (χ0) is 20.5. The Bertz CT molecular complexity index is 880. The Balaban J connectivity index is 1.94. The quantitative estimate of drug-likeness (QED) is 0.745. The van der Waals surface area contributed by atoms with Gasteiger partial charge in [0.05, 0.1) is 4.90 Å². The molecule has 2 rings (SSSR count). The van der Waals surface area contributed by atoms with E-state index in [4.69, 9.17) is 0 Å². The lowest BCUT2D eigenvalue weighted by Gasteiger charge is -2.19. The Kier molecular flexibility index (Phi) is 6.06. The number of nitrogens with zero attached hydrogens (tertiary/aromatic N) is 2. The molecule has 1 aromatic carbocycles. The molecule has 1 aromatic heterocycles. The predicted octanol–water partition coefficient (Wildman–Crippen LogP) is 3.88. The zero-order valence-corrected chi connectivity index (χ0v) is 16.6. The van der Waals surface area contributed by atoms with Gasteiger partial charge < -0.3 is 0 Å². The minimum atomic E-state index is -4.49. The second kappa shape index (κ2) is 7.63. The summed E-state index contributed by atoms with van der Waals surface area (Å²) in [5.74, 6) is 0. The zero-order valence-electron chi connectivity index (χ0n) is 15.8. The van der Waals surface area contributed by atoms with Crippen molar-refractivity contribution in [3.63, 3.8) is 0 Å². The molecule has 0 saturated carbocycles. The van der Waals surface area contributed by atoms with Crippen molar-refractivity contribution >= 4 is 10.0 Å². The third kappa shape index (κ3) is 5.55. The van der Waals surface area contributed by atoms with Gasteiger partial charge in [-0.05, 0) is 42.5 Å². The van der Waals surface area contributed by atoms with E-state index < -0.39 is 21.9 Å². The summed E-state index contributed by atoms with van der Waals surface area (Å²) < 4.78 is 66.3. The molecular weight excluding hydrogens is 379 g/mol. The van der Waals surface area contributed by atoms with Crippen LogP contribution in [0.25, 0.3) is 0 Å². The lowest BCUT2D eigenvalue weighted by molar-refractivity contribution is -0.141. The number of nitrogens with one attached hydrogen (secondary N) is 1. The van der Waals surface area contributed by atoms with Crippen LogP contribution in [-0.4, -0.2) is 24.7 Å². The van der Waals surface area contributed by atoms with Crippen molar-refractivity contribution in [2.75, 3.05) is 6.54 Å². The van der Waals surface area contributed by atoms with Crippen LogP contribution in [0.15, 0.2) is 35.2 Å². The average Bonchev–Trinajstić information content (AvgIpc) is 2.92. The fourth-order valence-electron chi connectivity index (χ4n) is 2.53. The molecule has 1 heterocycles. The summed E-state index contributed by atoms with van der Waals surface area (Å²) in [6, 6.07) is 7.63. The van der Waals surface area contributed by atoms with E-state index in [0.717, 1.165) is 11.6 Å². The second-order valence-electron chi connectivity index (χ2n) is 7.42. The van der Waals surface area contributed by atoms with E-state index in [1.165, 1.54) is 11.6 Å². The maximum absolute atomic E-state index is 12.6. The van der Waals surface area contributed by atoms with Crippen LogP contribution < -0.4 is 4.72 Å². The standard InChI is InChI=1S/C18H24F3N3O2S/c1-13-12-16(18(19,20)21)23-24(13)11-5-10-22-27(25,26)15-8-6-14(7-9-15)17(2,3)4/h6-9,12,22H,5,10-11H2,1-4H3. The van der Waals surface area contributed by atoms with Gasteiger partial charge in [0.2, 0.25) is 10.0 Å². The molecule has 0 unspecified atom stereocenters. The highest BCUT2D eigenvalue weighted by Crippen LogP contribution is 2.28. The van der Waals surface area contributed by atoms with Crippen LogP contribution in [0.1, 0.15) is 44.1 Å². The average molecular weight is 403 g/mol. The van der Waals surface area contributed by atoms with E-state index in [-0.39, 0.29) is 23.4 Å². The van der Waals surface area contributed by atoms with Gasteiger partial charge in [0.25, 0.3) is 0 Å². The number of halogens is 3. The predicted molar refractivity (Wildman–Crippen MR) is 96.9 cm³/mol. The fraction of sp³-hybridized carbons (Fsp3) is 0.500. The highest BCUT2D eigenvalue weighted by Gasteiger charge is 2.34. The summed E-state index contributed by atoms with van der Waals surface area (Å²) in [4.78, 5) is 0.158. The maximum Gasteiger partial charge on any atom is 0.435 e. The fourth-order valence-corrected chi connectivity index (χ4v) is 3.60. The molecule has 0 fully saturated rings. The summed E-state index contributed by atoms with van der Waals surface area (Å²) in [6.45, 7) is 7.93. The Hall–Kier alpha value is -1.87. The number of sulfonamides is 1. The molecule has 2 aromatic rings. The number of aromatic nitrogens is 2. The Morgan fingerprint density at radius 3 is 2.19 bits per heavy atom. The van der Waals surface area contributed by atoms with Crippen LogP contribution in [0.2, 0.25) is 0 Å². The van der Waals surface area contributed by atoms with E-state index in [0.29, 0.717) is 12.1 Å². The third-order valence-corrected chi connectivity index (χ3v) is 5.62. The summed E-state index contributed by atoms with van der Waals surface area (Å²) in [5, 5.41) is 3.52. The summed E-state index contributed by atoms with van der Waals surface area (Å²) in [6.07, 6.45) is -4.17. The molecule has 0 bridgehead atoms. The van der Waals surface area contributed by atoms with Crippen LogP contribution in [-0.2, 0) is 28.2 Å². The molecule has 0 saturated heterocycles. The molecule has 9 heteroatoms. The Morgan fingerprint density at radius 1 is 1.11 bits per heavy atom. The van der Waals surface area contributed by atoms with Gasteiger partial charge in [0.15, 0.2) is 5.69 Å². The van der Waals surface area contributed by atoms with Crippen molar-refractivity contribution in [3.8, 4) is 0 Å². The Morgan fingerprint density at radius 2 is 1.70 bits per heavy atom. The van der Waals surface area contributed by atoms with E-state index in [2.05, 4.69) is 9.82 Å². The van der Waals surface area contributed by atoms with Gasteiger partial charge in [-0.15, -0.1) is 0 Å². The van der Waals surface area contributed by atoms with Crippen LogP contribution in [0, 0.1) is 6.92 Å². The first-order valence-corrected chi connectivity index (χ1v) is 10.0. The SMILES string of the molecule is Cc1cc(C(F)(F)F)nn1CCCNS(=O)(=O)c1ccc(C(C)(C)C)cc1. The number of alkyl halides is 3. The number of aryl methyl sites for hydroxylation is 2. The lowest BCUT2D eigenvalue weighted by Crippen LogP contribution is -2.26. The Labute approximate surface area is 157 Å². The van der Waals surface area contributed by atoms with Crippen LogP contribution in [0.4, 0.5) is 13.2 Å². The van der Waals surface area contributed by atoms with Crippen molar-refractivity contribution in [1.82, 2.24) is 14.5 Å². The van der Waals surface area contributed by atoms with E-state index in [1.54, 1.807) is 24.3 Å². The monoisotopic (exact) mass is 403 g/mol. The number of hydrogen-bond acceptors (Lipinski definition) is 3. The minimum absolute atomic E-state index is 0.0768. The van der Waals surface area contributed by atoms with Crippen molar-refractivity contribution in [2.45, 2.75) is 57.1 Å². The molecule has 0 radical (unpaired) electrons. The first-order valence-electron chi connectivity index (χ1n) is 8.52. The number of rotatable bonds is 6. The number of hydrogen-bond donors (Lipinski definition) is 1. The topological polar surface area (TPSA) is 64.0 Å². The molecule has 0 aliphatic carbocycles. The van der Waals surface area contributed by atoms with Gasteiger partial charge >= 0.3 is 6.18 Å². The highest BCUT2D eigenvalue weighted by molar-refractivity contribution is 7.89. The first-order chi connectivity index (χ1) is 12.3. The van der Waals surface area contributed by atoms with E-state index in [1.807, 2.05) is 20.8 Å². The smallest absolute Gasteiger partial charge is 0.269 e. The molecule has 0 amide bonds. The molecule has 1 N–H and O–H groups in total. The lowest BCUT2D eigenvalue weighted by atomic mass is 9.87. The molecule has 0 aliphatic rings. The van der Waals surface area contributed by atoms with Gasteiger partial charge in [-0.25, -0.2) is 13.1 Å². The summed E-state index contributed by atoms with van der Waals surface area (Å²) >= 11 is 0. The van der Waals surface area contributed by atoms with Crippen LogP contribution >= 0.6 is 0 Å². The largest absolute Gasteiger partial charge is 0.435 e. The second-order valence-corrected chi connectivity index (χ2v) is 9.18.